The van der Waals surface area contributed by atoms with Crippen molar-refractivity contribution < 1.29 is 0 Å². The molecule has 8 aliphatic heterocycles. The maximum absolute atomic E-state index is 5.21. The molecular weight excluding hydrogens is 697 g/mol. The number of hydrogen-bond acceptors (Lipinski definition) is 7. The SMILES string of the molecule is c1ccc(N2C3=C(C4CCCNC42)C2CCCC4B5C6CCCC7C8=C(N(c9ccccc9)C9NCCCC89)N(C8CC(c9ccccn9)CC(C58)N3C42)C67)cc1. The maximum atomic E-state index is 5.21. The summed E-state index contributed by atoms with van der Waals surface area (Å²) >= 11 is 0. The number of nitrogens with zero attached hydrogens (tertiary/aromatic N) is 5. The van der Waals surface area contributed by atoms with Crippen molar-refractivity contribution in [3.05, 3.63) is 114 Å². The molecule has 8 heteroatoms. The summed E-state index contributed by atoms with van der Waals surface area (Å²) < 4.78 is 0. The van der Waals surface area contributed by atoms with Crippen molar-refractivity contribution in [1.29, 1.82) is 0 Å². The van der Waals surface area contributed by atoms with E-state index in [4.69, 9.17) is 4.98 Å². The van der Waals surface area contributed by atoms with E-state index in [0.29, 0.717) is 71.9 Å². The fourth-order valence-corrected chi connectivity index (χ4v) is 16.9. The number of benzene rings is 2. The normalized spacial score (nSPS) is 42.0. The number of rotatable bonds is 3. The molecule has 0 amide bonds. The molecule has 3 saturated carbocycles. The summed E-state index contributed by atoms with van der Waals surface area (Å²) in [6.07, 6.45) is 19.1. The predicted octanol–water partition coefficient (Wildman–Crippen LogP) is 8.41. The van der Waals surface area contributed by atoms with E-state index in [-0.39, 0.29) is 0 Å². The highest BCUT2D eigenvalue weighted by Crippen LogP contribution is 2.71. The number of fused-ring (bicyclic) bond motifs is 12. The van der Waals surface area contributed by atoms with E-state index in [1.54, 1.807) is 11.6 Å². The highest BCUT2D eigenvalue weighted by Gasteiger charge is 2.72. The first kappa shape index (κ1) is 33.1. The summed E-state index contributed by atoms with van der Waals surface area (Å²) in [6, 6.07) is 32.3. The molecular formula is C49H58BN7. The monoisotopic (exact) mass is 755 g/mol. The van der Waals surface area contributed by atoms with E-state index in [9.17, 15) is 0 Å². The molecule has 57 heavy (non-hydrogen) atoms. The molecule has 7 nitrogen and oxygen atoms in total. The van der Waals surface area contributed by atoms with Crippen molar-refractivity contribution in [3.63, 3.8) is 0 Å². The molecule has 3 aliphatic carbocycles. The van der Waals surface area contributed by atoms with Crippen LogP contribution in [0.2, 0.25) is 17.5 Å². The van der Waals surface area contributed by atoms with Gasteiger partial charge in [-0.25, -0.2) is 0 Å². The lowest BCUT2D eigenvalue weighted by Crippen LogP contribution is -2.73. The Bertz CT molecular complexity index is 2000. The van der Waals surface area contributed by atoms with Crippen LogP contribution in [-0.2, 0) is 0 Å². The van der Waals surface area contributed by atoms with E-state index < -0.39 is 0 Å². The van der Waals surface area contributed by atoms with Gasteiger partial charge in [-0.1, -0.05) is 68.1 Å². The molecule has 0 bridgehead atoms. The Hall–Kier alpha value is -3.75. The molecule has 0 spiro atoms. The van der Waals surface area contributed by atoms with Crippen LogP contribution in [0.15, 0.2) is 108 Å². The number of para-hydroxylation sites is 2. The molecule has 0 radical (unpaired) electrons. The van der Waals surface area contributed by atoms with E-state index >= 15 is 0 Å². The zero-order chi connectivity index (χ0) is 36.9. The Morgan fingerprint density at radius 2 is 1.05 bits per heavy atom. The highest BCUT2D eigenvalue weighted by atomic mass is 15.5. The van der Waals surface area contributed by atoms with Crippen LogP contribution >= 0.6 is 0 Å². The fraction of sp³-hybridized carbons (Fsp3) is 0.571. The average Bonchev–Trinajstić information content (AvgIpc) is 4.00. The standard InChI is InChI=1S/C49H58BN7/c1-3-13-30(14-4-1)54-46-34(19-11-25-52-46)41-32-17-9-21-36-44(32)56(48(41)54)39-27-29(38-23-7-8-24-51-38)28-40-43(39)50(36)37-22-10-18-33-42-35-20-12-26-53-47(35)55(31-15-5-2-6-16-31)49(42)57(40)45(33)37/h1-8,13-16,23-24,29,32-37,39-40,43-47,52-53H,9-12,17-22,25-28H2. The van der Waals surface area contributed by atoms with Gasteiger partial charge in [0.1, 0.15) is 11.6 Å². The predicted molar refractivity (Wildman–Crippen MR) is 228 cm³/mol. The largest absolute Gasteiger partial charge is 0.352 e. The van der Waals surface area contributed by atoms with Crippen molar-refractivity contribution in [2.75, 3.05) is 22.9 Å². The van der Waals surface area contributed by atoms with Gasteiger partial charge in [0.2, 0.25) is 0 Å². The fourth-order valence-electron chi connectivity index (χ4n) is 16.9. The van der Waals surface area contributed by atoms with Gasteiger partial charge in [-0.2, -0.15) is 0 Å². The highest BCUT2D eigenvalue weighted by molar-refractivity contribution is 6.65. The number of piperidine rings is 2. The van der Waals surface area contributed by atoms with Gasteiger partial charge in [-0.15, -0.1) is 0 Å². The zero-order valence-electron chi connectivity index (χ0n) is 33.4. The van der Waals surface area contributed by atoms with Crippen LogP contribution in [0.4, 0.5) is 11.4 Å². The molecule has 292 valence electrons. The van der Waals surface area contributed by atoms with E-state index in [0.717, 1.165) is 31.4 Å². The molecule has 2 aromatic carbocycles. The Labute approximate surface area is 339 Å². The molecule has 4 saturated heterocycles. The minimum Gasteiger partial charge on any atom is -0.352 e. The molecule has 7 fully saturated rings. The lowest BCUT2D eigenvalue weighted by molar-refractivity contribution is 0.00767. The van der Waals surface area contributed by atoms with Gasteiger partial charge in [0, 0.05) is 77.0 Å². The van der Waals surface area contributed by atoms with Gasteiger partial charge in [-0.3, -0.25) is 15.6 Å². The van der Waals surface area contributed by atoms with E-state index in [1.807, 2.05) is 11.1 Å². The minimum absolute atomic E-state index is 0.381. The van der Waals surface area contributed by atoms with Gasteiger partial charge in [0.25, 0.3) is 0 Å². The number of pyridine rings is 1. The van der Waals surface area contributed by atoms with Crippen LogP contribution in [0.5, 0.6) is 0 Å². The third-order valence-corrected chi connectivity index (χ3v) is 18.2. The summed E-state index contributed by atoms with van der Waals surface area (Å²) in [6.45, 7) is 3.09. The number of hydrogen-bond donors (Lipinski definition) is 2. The maximum Gasteiger partial charge on any atom is 0.159 e. The van der Waals surface area contributed by atoms with Gasteiger partial charge in [0.15, 0.2) is 6.71 Å². The quantitative estimate of drug-likeness (QED) is 0.261. The Balaban J connectivity index is 0.975. The van der Waals surface area contributed by atoms with Crippen LogP contribution in [0.1, 0.15) is 88.7 Å². The van der Waals surface area contributed by atoms with Crippen LogP contribution in [0, 0.1) is 23.7 Å². The zero-order valence-corrected chi connectivity index (χ0v) is 33.4. The second-order valence-electron chi connectivity index (χ2n) is 20.2. The van der Waals surface area contributed by atoms with Gasteiger partial charge < -0.3 is 19.6 Å². The number of anilines is 2. The van der Waals surface area contributed by atoms with Gasteiger partial charge in [0.05, 0.1) is 12.3 Å². The molecule has 1 aromatic heterocycles. The Kier molecular flexibility index (Phi) is 7.20. The smallest absolute Gasteiger partial charge is 0.159 e. The first-order chi connectivity index (χ1) is 28.3. The van der Waals surface area contributed by atoms with E-state index in [2.05, 4.69) is 115 Å². The summed E-state index contributed by atoms with van der Waals surface area (Å²) in [5.74, 6) is 8.71. The molecule has 11 aliphatic rings. The molecule has 12 atom stereocenters. The second-order valence-corrected chi connectivity index (χ2v) is 20.2. The third kappa shape index (κ3) is 4.35. The lowest BCUT2D eigenvalue weighted by atomic mass is 9.18. The minimum atomic E-state index is 0.381. The molecule has 3 aromatic rings. The van der Waals surface area contributed by atoms with Crippen molar-refractivity contribution in [2.45, 2.75) is 137 Å². The third-order valence-electron chi connectivity index (χ3n) is 18.2. The molecule has 14 rings (SSSR count). The number of aromatic nitrogens is 1. The van der Waals surface area contributed by atoms with Crippen LogP contribution < -0.4 is 20.4 Å². The first-order valence-corrected chi connectivity index (χ1v) is 23.5. The molecule has 12 unspecified atom stereocenters. The van der Waals surface area contributed by atoms with Gasteiger partial charge in [-0.05, 0) is 129 Å². The first-order valence-electron chi connectivity index (χ1n) is 23.5. The topological polar surface area (TPSA) is 49.9 Å². The van der Waals surface area contributed by atoms with Crippen molar-refractivity contribution >= 4 is 18.1 Å². The summed E-state index contributed by atoms with van der Waals surface area (Å²) in [4.78, 5) is 17.4. The average molecular weight is 756 g/mol. The Morgan fingerprint density at radius 3 is 1.56 bits per heavy atom. The molecule has 9 heterocycles. The summed E-state index contributed by atoms with van der Waals surface area (Å²) in [5, 5.41) is 8.25. The molecule has 2 N–H and O–H groups in total. The van der Waals surface area contributed by atoms with Crippen molar-refractivity contribution in [3.8, 4) is 0 Å². The number of nitrogens with one attached hydrogen (secondary N) is 2. The summed E-state index contributed by atoms with van der Waals surface area (Å²) in [5.41, 5.74) is 7.86. The van der Waals surface area contributed by atoms with Crippen LogP contribution in [0.25, 0.3) is 0 Å². The van der Waals surface area contributed by atoms with Crippen molar-refractivity contribution in [2.24, 2.45) is 23.7 Å². The van der Waals surface area contributed by atoms with Crippen LogP contribution in [-0.4, -0.2) is 71.1 Å². The van der Waals surface area contributed by atoms with Crippen molar-refractivity contribution in [1.82, 2.24) is 25.4 Å². The van der Waals surface area contributed by atoms with Crippen LogP contribution in [0.3, 0.4) is 0 Å². The second kappa shape index (κ2) is 12.4. The van der Waals surface area contributed by atoms with Gasteiger partial charge >= 0.3 is 0 Å². The lowest BCUT2D eigenvalue weighted by Gasteiger charge is -2.68. The summed E-state index contributed by atoms with van der Waals surface area (Å²) in [7, 11) is 0. The Morgan fingerprint density at radius 1 is 0.544 bits per heavy atom. The van der Waals surface area contributed by atoms with E-state index in [1.165, 1.54) is 94.1 Å².